The molecule has 4 nitrogen and oxygen atoms in total. The Kier molecular flexibility index (Phi) is 6.11. The van der Waals surface area contributed by atoms with Gasteiger partial charge in [0, 0.05) is 6.04 Å². The summed E-state index contributed by atoms with van der Waals surface area (Å²) in [5, 5.41) is 6.41. The fourth-order valence-corrected chi connectivity index (χ4v) is 3.20. The Morgan fingerprint density at radius 3 is 2.58 bits per heavy atom. The van der Waals surface area contributed by atoms with Crippen molar-refractivity contribution in [1.29, 1.82) is 0 Å². The lowest BCUT2D eigenvalue weighted by atomic mass is 9.84. The molecule has 2 N–H and O–H groups in total. The molecule has 0 aromatic heterocycles. The van der Waals surface area contributed by atoms with Gasteiger partial charge in [-0.25, -0.2) is 0 Å². The molecular formula is C15H28N2O2. The van der Waals surface area contributed by atoms with Gasteiger partial charge in [-0.1, -0.05) is 19.3 Å². The summed E-state index contributed by atoms with van der Waals surface area (Å²) in [5.41, 5.74) is 0. The molecule has 4 heteroatoms. The first-order valence-electron chi connectivity index (χ1n) is 7.87. The monoisotopic (exact) mass is 268 g/mol. The van der Waals surface area contributed by atoms with Crippen LogP contribution in [-0.4, -0.2) is 37.7 Å². The van der Waals surface area contributed by atoms with Gasteiger partial charge in [-0.2, -0.15) is 0 Å². The molecule has 1 saturated heterocycles. The van der Waals surface area contributed by atoms with E-state index in [2.05, 4.69) is 17.6 Å². The highest BCUT2D eigenvalue weighted by molar-refractivity contribution is 5.77. The van der Waals surface area contributed by atoms with E-state index in [1.165, 1.54) is 32.1 Å². The van der Waals surface area contributed by atoms with Gasteiger partial charge in [0.15, 0.2) is 0 Å². The Bertz CT molecular complexity index is 271. The zero-order valence-corrected chi connectivity index (χ0v) is 12.1. The molecule has 1 aliphatic carbocycles. The molecule has 110 valence electrons. The maximum Gasteiger partial charge on any atom is 0.246 e. The van der Waals surface area contributed by atoms with E-state index < -0.39 is 0 Å². The third-order valence-corrected chi connectivity index (χ3v) is 4.48. The molecule has 0 radical (unpaired) electrons. The van der Waals surface area contributed by atoms with Crippen LogP contribution in [0.5, 0.6) is 0 Å². The normalized spacial score (nSPS) is 24.1. The maximum absolute atomic E-state index is 11.9. The molecule has 0 spiro atoms. The van der Waals surface area contributed by atoms with Crippen molar-refractivity contribution in [3.63, 3.8) is 0 Å². The third-order valence-electron chi connectivity index (χ3n) is 4.48. The summed E-state index contributed by atoms with van der Waals surface area (Å²) >= 11 is 0. The van der Waals surface area contributed by atoms with Crippen LogP contribution in [0, 0.1) is 5.92 Å². The van der Waals surface area contributed by atoms with E-state index in [0.29, 0.717) is 12.0 Å². The van der Waals surface area contributed by atoms with E-state index in [-0.39, 0.29) is 18.6 Å². The van der Waals surface area contributed by atoms with Gasteiger partial charge in [-0.15, -0.1) is 0 Å². The first kappa shape index (κ1) is 14.8. The van der Waals surface area contributed by atoms with Crippen LogP contribution in [0.4, 0.5) is 0 Å². The van der Waals surface area contributed by atoms with E-state index in [1.54, 1.807) is 0 Å². The number of carbonyl (C=O) groups is 1. The van der Waals surface area contributed by atoms with E-state index in [9.17, 15) is 4.79 Å². The average molecular weight is 268 g/mol. The minimum absolute atomic E-state index is 0.0524. The molecule has 1 amide bonds. The van der Waals surface area contributed by atoms with Gasteiger partial charge in [0.1, 0.15) is 6.61 Å². The summed E-state index contributed by atoms with van der Waals surface area (Å²) in [7, 11) is 0. The molecule has 2 rings (SSSR count). The SMILES string of the molecule is CC(NC(=O)COC1CCNCC1)C1CCCCC1. The summed E-state index contributed by atoms with van der Waals surface area (Å²) in [6.45, 7) is 4.37. The van der Waals surface area contributed by atoms with Crippen molar-refractivity contribution < 1.29 is 9.53 Å². The third kappa shape index (κ3) is 5.11. The van der Waals surface area contributed by atoms with Gasteiger partial charge >= 0.3 is 0 Å². The Morgan fingerprint density at radius 2 is 1.89 bits per heavy atom. The number of rotatable bonds is 5. The molecule has 1 unspecified atom stereocenters. The highest BCUT2D eigenvalue weighted by atomic mass is 16.5. The van der Waals surface area contributed by atoms with Gasteiger partial charge < -0.3 is 15.4 Å². The zero-order valence-electron chi connectivity index (χ0n) is 12.1. The number of carbonyl (C=O) groups excluding carboxylic acids is 1. The lowest BCUT2D eigenvalue weighted by molar-refractivity contribution is -0.129. The number of ether oxygens (including phenoxy) is 1. The highest BCUT2D eigenvalue weighted by Crippen LogP contribution is 2.26. The van der Waals surface area contributed by atoms with Crippen molar-refractivity contribution in [3.8, 4) is 0 Å². The van der Waals surface area contributed by atoms with E-state index in [1.807, 2.05) is 0 Å². The van der Waals surface area contributed by atoms with Crippen molar-refractivity contribution in [1.82, 2.24) is 10.6 Å². The molecule has 1 saturated carbocycles. The van der Waals surface area contributed by atoms with E-state index >= 15 is 0 Å². The van der Waals surface area contributed by atoms with Crippen LogP contribution in [0.1, 0.15) is 51.9 Å². The largest absolute Gasteiger partial charge is 0.368 e. The van der Waals surface area contributed by atoms with E-state index in [0.717, 1.165) is 25.9 Å². The van der Waals surface area contributed by atoms with Gasteiger partial charge in [0.2, 0.25) is 5.91 Å². The quantitative estimate of drug-likeness (QED) is 0.800. The van der Waals surface area contributed by atoms with Crippen LogP contribution in [0.25, 0.3) is 0 Å². The predicted molar refractivity (Wildman–Crippen MR) is 76.0 cm³/mol. The smallest absolute Gasteiger partial charge is 0.246 e. The molecular weight excluding hydrogens is 240 g/mol. The minimum atomic E-state index is 0.0524. The Morgan fingerprint density at radius 1 is 1.21 bits per heavy atom. The molecule has 0 aromatic carbocycles. The number of hydrogen-bond donors (Lipinski definition) is 2. The molecule has 19 heavy (non-hydrogen) atoms. The molecule has 1 heterocycles. The fourth-order valence-electron chi connectivity index (χ4n) is 3.20. The number of piperidine rings is 1. The van der Waals surface area contributed by atoms with Crippen molar-refractivity contribution in [2.75, 3.05) is 19.7 Å². The predicted octanol–water partition coefficient (Wildman–Crippen LogP) is 1.84. The lowest BCUT2D eigenvalue weighted by Gasteiger charge is -2.28. The van der Waals surface area contributed by atoms with Gasteiger partial charge in [-0.3, -0.25) is 4.79 Å². The summed E-state index contributed by atoms with van der Waals surface area (Å²) in [6, 6.07) is 0.296. The van der Waals surface area contributed by atoms with Crippen LogP contribution < -0.4 is 10.6 Å². The zero-order chi connectivity index (χ0) is 13.5. The van der Waals surface area contributed by atoms with Crippen LogP contribution in [-0.2, 0) is 9.53 Å². The number of hydrogen-bond acceptors (Lipinski definition) is 3. The molecule has 1 atom stereocenters. The maximum atomic E-state index is 11.9. The Balaban J connectivity index is 1.62. The van der Waals surface area contributed by atoms with Crippen LogP contribution in [0.2, 0.25) is 0 Å². The molecule has 2 fully saturated rings. The summed E-state index contributed by atoms with van der Waals surface area (Å²) in [4.78, 5) is 11.9. The van der Waals surface area contributed by atoms with Crippen molar-refractivity contribution in [2.24, 2.45) is 5.92 Å². The summed E-state index contributed by atoms with van der Waals surface area (Å²) in [5.74, 6) is 0.716. The Labute approximate surface area is 116 Å². The minimum Gasteiger partial charge on any atom is -0.368 e. The first-order valence-corrected chi connectivity index (χ1v) is 7.87. The average Bonchev–Trinajstić information content (AvgIpc) is 2.47. The highest BCUT2D eigenvalue weighted by Gasteiger charge is 2.22. The first-order chi connectivity index (χ1) is 9.25. The molecule has 2 aliphatic rings. The molecule has 0 bridgehead atoms. The summed E-state index contributed by atoms with van der Waals surface area (Å²) in [6.07, 6.45) is 8.81. The second-order valence-electron chi connectivity index (χ2n) is 6.01. The van der Waals surface area contributed by atoms with Gasteiger partial charge in [0.25, 0.3) is 0 Å². The summed E-state index contributed by atoms with van der Waals surface area (Å²) < 4.78 is 5.68. The van der Waals surface area contributed by atoms with Gasteiger partial charge in [0.05, 0.1) is 6.10 Å². The molecule has 0 aromatic rings. The van der Waals surface area contributed by atoms with Crippen LogP contribution in [0.15, 0.2) is 0 Å². The van der Waals surface area contributed by atoms with Crippen LogP contribution in [0.3, 0.4) is 0 Å². The van der Waals surface area contributed by atoms with Crippen molar-refractivity contribution in [3.05, 3.63) is 0 Å². The second-order valence-corrected chi connectivity index (χ2v) is 6.01. The Hall–Kier alpha value is -0.610. The standard InChI is InChI=1S/C15H28N2O2/c1-12(13-5-3-2-4-6-13)17-15(18)11-19-14-7-9-16-10-8-14/h12-14,16H,2-11H2,1H3,(H,17,18). The number of nitrogens with one attached hydrogen (secondary N) is 2. The van der Waals surface area contributed by atoms with Crippen molar-refractivity contribution in [2.45, 2.75) is 64.0 Å². The lowest BCUT2D eigenvalue weighted by Crippen LogP contribution is -2.42. The number of amides is 1. The van der Waals surface area contributed by atoms with Crippen LogP contribution >= 0.6 is 0 Å². The van der Waals surface area contributed by atoms with Crippen molar-refractivity contribution >= 4 is 5.91 Å². The van der Waals surface area contributed by atoms with E-state index in [4.69, 9.17) is 4.74 Å². The fraction of sp³-hybridized carbons (Fsp3) is 0.933. The van der Waals surface area contributed by atoms with Gasteiger partial charge in [-0.05, 0) is 51.6 Å². The molecule has 1 aliphatic heterocycles. The topological polar surface area (TPSA) is 50.4 Å². The second kappa shape index (κ2) is 7.85.